The van der Waals surface area contributed by atoms with Crippen molar-refractivity contribution in [2.45, 2.75) is 20.3 Å². The van der Waals surface area contributed by atoms with Crippen molar-refractivity contribution < 1.29 is 4.39 Å². The van der Waals surface area contributed by atoms with Gasteiger partial charge in [0.05, 0.1) is 0 Å². The molecule has 0 heterocycles. The third kappa shape index (κ3) is 2.53. The van der Waals surface area contributed by atoms with Crippen molar-refractivity contribution in [1.82, 2.24) is 0 Å². The van der Waals surface area contributed by atoms with E-state index in [9.17, 15) is 4.39 Å². The molecule has 1 aromatic rings. The average molecular weight is 167 g/mol. The molecule has 0 aromatic heterocycles. The van der Waals surface area contributed by atoms with Gasteiger partial charge in [0.2, 0.25) is 0 Å². The molecule has 1 nitrogen and oxygen atoms in total. The van der Waals surface area contributed by atoms with Crippen LogP contribution in [-0.2, 0) is 0 Å². The van der Waals surface area contributed by atoms with Gasteiger partial charge in [-0.3, -0.25) is 0 Å². The Morgan fingerprint density at radius 1 is 1.33 bits per heavy atom. The van der Waals surface area contributed by atoms with Crippen molar-refractivity contribution in [3.8, 4) is 0 Å². The molecule has 0 fully saturated rings. The average Bonchev–Trinajstić information content (AvgIpc) is 1.99. The lowest BCUT2D eigenvalue weighted by molar-refractivity contribution is 0.627. The zero-order valence-corrected chi connectivity index (χ0v) is 7.52. The molecule has 0 atom stereocenters. The first-order chi connectivity index (χ1) is 5.72. The summed E-state index contributed by atoms with van der Waals surface area (Å²) >= 11 is 0. The third-order valence-electron chi connectivity index (χ3n) is 1.62. The Bertz CT molecular complexity index is 238. The van der Waals surface area contributed by atoms with Crippen LogP contribution in [0, 0.1) is 12.7 Å². The topological polar surface area (TPSA) is 12.0 Å². The van der Waals surface area contributed by atoms with E-state index in [-0.39, 0.29) is 5.82 Å². The third-order valence-corrected chi connectivity index (χ3v) is 1.62. The summed E-state index contributed by atoms with van der Waals surface area (Å²) in [5.41, 5.74) is 1.82. The van der Waals surface area contributed by atoms with Gasteiger partial charge in [0, 0.05) is 12.2 Å². The Morgan fingerprint density at radius 2 is 2.08 bits per heavy atom. The molecule has 0 unspecified atom stereocenters. The van der Waals surface area contributed by atoms with Crippen LogP contribution in [0.5, 0.6) is 0 Å². The van der Waals surface area contributed by atoms with Gasteiger partial charge in [-0.05, 0) is 37.1 Å². The van der Waals surface area contributed by atoms with Crippen LogP contribution in [0.3, 0.4) is 0 Å². The van der Waals surface area contributed by atoms with E-state index in [0.717, 1.165) is 24.2 Å². The predicted molar refractivity (Wildman–Crippen MR) is 49.9 cm³/mol. The van der Waals surface area contributed by atoms with Gasteiger partial charge in [-0.2, -0.15) is 0 Å². The van der Waals surface area contributed by atoms with Crippen molar-refractivity contribution in [3.63, 3.8) is 0 Å². The van der Waals surface area contributed by atoms with Crippen LogP contribution in [0.2, 0.25) is 0 Å². The van der Waals surface area contributed by atoms with Crippen LogP contribution in [0.25, 0.3) is 0 Å². The van der Waals surface area contributed by atoms with Crippen molar-refractivity contribution in [3.05, 3.63) is 29.6 Å². The summed E-state index contributed by atoms with van der Waals surface area (Å²) in [4.78, 5) is 0. The SMILES string of the molecule is CCCNc1cc(C)cc(F)c1. The molecule has 0 spiro atoms. The molecule has 0 bridgehead atoms. The van der Waals surface area contributed by atoms with Crippen LogP contribution < -0.4 is 5.32 Å². The summed E-state index contributed by atoms with van der Waals surface area (Å²) in [7, 11) is 0. The summed E-state index contributed by atoms with van der Waals surface area (Å²) in [6, 6.07) is 4.98. The minimum absolute atomic E-state index is 0.173. The molecule has 0 radical (unpaired) electrons. The van der Waals surface area contributed by atoms with E-state index in [1.165, 1.54) is 12.1 Å². The highest BCUT2D eigenvalue weighted by molar-refractivity contribution is 5.45. The van der Waals surface area contributed by atoms with Crippen LogP contribution in [0.15, 0.2) is 18.2 Å². The van der Waals surface area contributed by atoms with E-state index >= 15 is 0 Å². The molecule has 1 rings (SSSR count). The molecule has 0 aliphatic rings. The molecule has 0 aliphatic heterocycles. The molecular weight excluding hydrogens is 153 g/mol. The molecule has 1 N–H and O–H groups in total. The first kappa shape index (κ1) is 9.04. The number of anilines is 1. The van der Waals surface area contributed by atoms with E-state index in [1.54, 1.807) is 0 Å². The van der Waals surface area contributed by atoms with E-state index < -0.39 is 0 Å². The van der Waals surface area contributed by atoms with Gasteiger partial charge < -0.3 is 5.32 Å². The summed E-state index contributed by atoms with van der Waals surface area (Å²) in [5.74, 6) is -0.173. The van der Waals surface area contributed by atoms with Gasteiger partial charge in [-0.1, -0.05) is 6.92 Å². The summed E-state index contributed by atoms with van der Waals surface area (Å²) in [6.45, 7) is 4.86. The van der Waals surface area contributed by atoms with Crippen LogP contribution in [0.4, 0.5) is 10.1 Å². The fourth-order valence-corrected chi connectivity index (χ4v) is 1.11. The number of hydrogen-bond donors (Lipinski definition) is 1. The maximum atomic E-state index is 12.8. The maximum Gasteiger partial charge on any atom is 0.125 e. The van der Waals surface area contributed by atoms with Gasteiger partial charge >= 0.3 is 0 Å². The van der Waals surface area contributed by atoms with Crippen molar-refractivity contribution in [1.29, 1.82) is 0 Å². The standard InChI is InChI=1S/C10H14FN/c1-3-4-12-10-6-8(2)5-9(11)7-10/h5-7,12H,3-4H2,1-2H3. The van der Waals surface area contributed by atoms with Crippen molar-refractivity contribution in [2.24, 2.45) is 0 Å². The van der Waals surface area contributed by atoms with Gasteiger partial charge in [-0.25, -0.2) is 4.39 Å². The number of halogens is 1. The van der Waals surface area contributed by atoms with Crippen molar-refractivity contribution in [2.75, 3.05) is 11.9 Å². The highest BCUT2D eigenvalue weighted by Crippen LogP contribution is 2.12. The number of rotatable bonds is 3. The molecule has 12 heavy (non-hydrogen) atoms. The Morgan fingerprint density at radius 3 is 2.67 bits per heavy atom. The fourth-order valence-electron chi connectivity index (χ4n) is 1.11. The summed E-state index contributed by atoms with van der Waals surface area (Å²) in [5, 5.41) is 3.14. The predicted octanol–water partition coefficient (Wildman–Crippen LogP) is 2.96. The lowest BCUT2D eigenvalue weighted by Gasteiger charge is -2.05. The highest BCUT2D eigenvalue weighted by atomic mass is 19.1. The minimum Gasteiger partial charge on any atom is -0.385 e. The van der Waals surface area contributed by atoms with Crippen LogP contribution >= 0.6 is 0 Å². The second-order valence-electron chi connectivity index (χ2n) is 2.94. The van der Waals surface area contributed by atoms with E-state index in [4.69, 9.17) is 0 Å². The molecule has 0 amide bonds. The molecule has 66 valence electrons. The lowest BCUT2D eigenvalue weighted by Crippen LogP contribution is -2.00. The normalized spacial score (nSPS) is 9.92. The van der Waals surface area contributed by atoms with Gasteiger partial charge in [0.25, 0.3) is 0 Å². The molecular formula is C10H14FN. The van der Waals surface area contributed by atoms with Crippen molar-refractivity contribution >= 4 is 5.69 Å². The van der Waals surface area contributed by atoms with Crippen LogP contribution in [0.1, 0.15) is 18.9 Å². The number of hydrogen-bond acceptors (Lipinski definition) is 1. The lowest BCUT2D eigenvalue weighted by atomic mass is 10.2. The van der Waals surface area contributed by atoms with E-state index in [2.05, 4.69) is 12.2 Å². The number of nitrogens with one attached hydrogen (secondary N) is 1. The Hall–Kier alpha value is -1.05. The quantitative estimate of drug-likeness (QED) is 0.729. The second-order valence-corrected chi connectivity index (χ2v) is 2.94. The van der Waals surface area contributed by atoms with Gasteiger partial charge in [-0.15, -0.1) is 0 Å². The smallest absolute Gasteiger partial charge is 0.125 e. The Balaban J connectivity index is 2.72. The molecule has 0 aliphatic carbocycles. The molecule has 1 aromatic carbocycles. The van der Waals surface area contributed by atoms with Gasteiger partial charge in [0.1, 0.15) is 5.82 Å². The zero-order chi connectivity index (χ0) is 8.97. The summed E-state index contributed by atoms with van der Waals surface area (Å²) in [6.07, 6.45) is 1.05. The number of aryl methyl sites for hydroxylation is 1. The fraction of sp³-hybridized carbons (Fsp3) is 0.400. The Labute approximate surface area is 72.6 Å². The summed E-state index contributed by atoms with van der Waals surface area (Å²) < 4.78 is 12.8. The largest absolute Gasteiger partial charge is 0.385 e. The first-order valence-electron chi connectivity index (χ1n) is 4.23. The van der Waals surface area contributed by atoms with E-state index in [1.807, 2.05) is 13.0 Å². The zero-order valence-electron chi connectivity index (χ0n) is 7.52. The van der Waals surface area contributed by atoms with Gasteiger partial charge in [0.15, 0.2) is 0 Å². The van der Waals surface area contributed by atoms with E-state index in [0.29, 0.717) is 0 Å². The second kappa shape index (κ2) is 4.10. The maximum absolute atomic E-state index is 12.8. The number of benzene rings is 1. The minimum atomic E-state index is -0.173. The highest BCUT2D eigenvalue weighted by Gasteiger charge is 1.95. The Kier molecular flexibility index (Phi) is 3.09. The molecule has 0 saturated heterocycles. The monoisotopic (exact) mass is 167 g/mol. The molecule has 0 saturated carbocycles. The first-order valence-corrected chi connectivity index (χ1v) is 4.23. The van der Waals surface area contributed by atoms with Crippen LogP contribution in [-0.4, -0.2) is 6.54 Å². The molecule has 2 heteroatoms.